The van der Waals surface area contributed by atoms with Crippen LogP contribution in [0.15, 0.2) is 6.20 Å². The number of amides is 2. The van der Waals surface area contributed by atoms with Gasteiger partial charge in [0, 0.05) is 30.8 Å². The third-order valence-corrected chi connectivity index (χ3v) is 4.69. The van der Waals surface area contributed by atoms with Gasteiger partial charge in [0.15, 0.2) is 5.82 Å². The number of aromatic nitrogens is 5. The number of hydrogen-bond donors (Lipinski definition) is 2. The Balaban J connectivity index is 1.50. The molecule has 9 nitrogen and oxygen atoms in total. The smallest absolute Gasteiger partial charge is 0.242 e. The number of nitrogens with zero attached hydrogens (tertiary/aromatic N) is 5. The largest absolute Gasteiger partial charge is 0.350 e. The first-order chi connectivity index (χ1) is 11.9. The summed E-state index contributed by atoms with van der Waals surface area (Å²) in [5.74, 6) is 0.262. The summed E-state index contributed by atoms with van der Waals surface area (Å²) in [6, 6.07) is 0. The highest BCUT2D eigenvalue weighted by Gasteiger charge is 2.25. The Bertz CT molecular complexity index is 789. The summed E-state index contributed by atoms with van der Waals surface area (Å²) in [4.78, 5) is 24.0. The van der Waals surface area contributed by atoms with Gasteiger partial charge >= 0.3 is 0 Å². The molecular weight excluding hydrogens is 322 g/mol. The standard InChI is InChI=1S/C16H23N7O2/c1-10-13(11(2)22(3)20-10)7-17-15(24)9-23-8-14(19-21-23)18-16(25)12-5-4-6-12/h8,12H,4-7,9H2,1-3H3,(H,17,24)(H,18,25). The number of carbonyl (C=O) groups is 2. The van der Waals surface area contributed by atoms with E-state index in [1.165, 1.54) is 4.68 Å². The van der Waals surface area contributed by atoms with Crippen molar-refractivity contribution in [1.82, 2.24) is 30.1 Å². The molecule has 2 amide bonds. The molecule has 1 aliphatic carbocycles. The molecular formula is C16H23N7O2. The molecule has 0 aromatic carbocycles. The Morgan fingerprint density at radius 1 is 1.32 bits per heavy atom. The molecule has 2 N–H and O–H groups in total. The average molecular weight is 345 g/mol. The molecule has 0 spiro atoms. The lowest BCUT2D eigenvalue weighted by atomic mass is 9.85. The lowest BCUT2D eigenvalue weighted by Crippen LogP contribution is -2.28. The molecule has 2 heterocycles. The van der Waals surface area contributed by atoms with Gasteiger partial charge < -0.3 is 10.6 Å². The van der Waals surface area contributed by atoms with Gasteiger partial charge in [-0.2, -0.15) is 5.10 Å². The summed E-state index contributed by atoms with van der Waals surface area (Å²) in [5, 5.41) is 17.7. The highest BCUT2D eigenvalue weighted by molar-refractivity contribution is 5.92. The molecule has 0 bridgehead atoms. The third kappa shape index (κ3) is 3.86. The van der Waals surface area contributed by atoms with Gasteiger partial charge in [0.2, 0.25) is 11.8 Å². The first-order valence-corrected chi connectivity index (χ1v) is 8.41. The topological polar surface area (TPSA) is 107 Å². The van der Waals surface area contributed by atoms with E-state index in [0.717, 1.165) is 36.2 Å². The molecule has 25 heavy (non-hydrogen) atoms. The Kier molecular flexibility index (Phi) is 4.82. The van der Waals surface area contributed by atoms with Crippen LogP contribution in [-0.4, -0.2) is 36.6 Å². The van der Waals surface area contributed by atoms with Gasteiger partial charge in [0.1, 0.15) is 6.54 Å². The van der Waals surface area contributed by atoms with Crippen LogP contribution in [0.4, 0.5) is 5.82 Å². The molecule has 3 rings (SSSR count). The van der Waals surface area contributed by atoms with Gasteiger partial charge in [-0.05, 0) is 26.7 Å². The molecule has 2 aromatic rings. The molecule has 0 aliphatic heterocycles. The number of hydrogen-bond acceptors (Lipinski definition) is 5. The Morgan fingerprint density at radius 2 is 2.08 bits per heavy atom. The summed E-state index contributed by atoms with van der Waals surface area (Å²) in [5.41, 5.74) is 2.95. The Morgan fingerprint density at radius 3 is 2.68 bits per heavy atom. The maximum absolute atomic E-state index is 12.1. The highest BCUT2D eigenvalue weighted by Crippen LogP contribution is 2.27. The van der Waals surface area contributed by atoms with Crippen LogP contribution in [0, 0.1) is 19.8 Å². The van der Waals surface area contributed by atoms with E-state index in [1.54, 1.807) is 10.9 Å². The van der Waals surface area contributed by atoms with Crippen molar-refractivity contribution in [2.24, 2.45) is 13.0 Å². The monoisotopic (exact) mass is 345 g/mol. The molecule has 1 aliphatic rings. The Hall–Kier alpha value is -2.71. The van der Waals surface area contributed by atoms with Crippen LogP contribution in [-0.2, 0) is 29.7 Å². The van der Waals surface area contributed by atoms with Crippen molar-refractivity contribution in [3.63, 3.8) is 0 Å². The van der Waals surface area contributed by atoms with Crippen molar-refractivity contribution in [3.05, 3.63) is 23.1 Å². The van der Waals surface area contributed by atoms with Crippen molar-refractivity contribution in [2.75, 3.05) is 5.32 Å². The fourth-order valence-electron chi connectivity index (χ4n) is 2.80. The van der Waals surface area contributed by atoms with Crippen molar-refractivity contribution in [2.45, 2.75) is 46.2 Å². The number of rotatable bonds is 6. The van der Waals surface area contributed by atoms with Crippen LogP contribution < -0.4 is 10.6 Å². The molecule has 1 fully saturated rings. The van der Waals surface area contributed by atoms with Crippen LogP contribution >= 0.6 is 0 Å². The van der Waals surface area contributed by atoms with Gasteiger partial charge in [0.25, 0.3) is 0 Å². The summed E-state index contributed by atoms with van der Waals surface area (Å²) in [6.07, 6.45) is 4.52. The van der Waals surface area contributed by atoms with E-state index in [0.29, 0.717) is 12.4 Å². The van der Waals surface area contributed by atoms with Gasteiger partial charge in [0.05, 0.1) is 11.9 Å². The summed E-state index contributed by atoms with van der Waals surface area (Å²) in [6.45, 7) is 4.36. The zero-order chi connectivity index (χ0) is 18.0. The molecule has 134 valence electrons. The van der Waals surface area contributed by atoms with Crippen LogP contribution in [0.25, 0.3) is 0 Å². The normalized spacial score (nSPS) is 14.2. The summed E-state index contributed by atoms with van der Waals surface area (Å²) >= 11 is 0. The number of carbonyl (C=O) groups excluding carboxylic acids is 2. The van der Waals surface area contributed by atoms with E-state index in [-0.39, 0.29) is 24.3 Å². The SMILES string of the molecule is Cc1nn(C)c(C)c1CNC(=O)Cn1cc(NC(=O)C2CCC2)nn1. The minimum Gasteiger partial charge on any atom is -0.350 e. The van der Waals surface area contributed by atoms with E-state index in [9.17, 15) is 9.59 Å². The van der Waals surface area contributed by atoms with Gasteiger partial charge in [-0.25, -0.2) is 4.68 Å². The minimum absolute atomic E-state index is 0.0229. The van der Waals surface area contributed by atoms with Crippen LogP contribution in [0.2, 0.25) is 0 Å². The average Bonchev–Trinajstić information content (AvgIpc) is 3.01. The number of nitrogens with one attached hydrogen (secondary N) is 2. The number of anilines is 1. The van der Waals surface area contributed by atoms with Crippen LogP contribution in [0.3, 0.4) is 0 Å². The minimum atomic E-state index is -0.176. The zero-order valence-corrected chi connectivity index (χ0v) is 14.7. The maximum atomic E-state index is 12.1. The molecule has 0 radical (unpaired) electrons. The second-order valence-corrected chi connectivity index (χ2v) is 6.47. The molecule has 2 aromatic heterocycles. The van der Waals surface area contributed by atoms with E-state index >= 15 is 0 Å². The first-order valence-electron chi connectivity index (χ1n) is 8.41. The fourth-order valence-corrected chi connectivity index (χ4v) is 2.80. The van der Waals surface area contributed by atoms with E-state index in [4.69, 9.17) is 0 Å². The van der Waals surface area contributed by atoms with E-state index < -0.39 is 0 Å². The lowest BCUT2D eigenvalue weighted by molar-refractivity contribution is -0.122. The molecule has 0 unspecified atom stereocenters. The van der Waals surface area contributed by atoms with Gasteiger partial charge in [-0.3, -0.25) is 14.3 Å². The van der Waals surface area contributed by atoms with E-state index in [1.807, 2.05) is 20.9 Å². The second-order valence-electron chi connectivity index (χ2n) is 6.47. The quantitative estimate of drug-likeness (QED) is 0.801. The number of aryl methyl sites for hydroxylation is 2. The van der Waals surface area contributed by atoms with Crippen molar-refractivity contribution >= 4 is 17.6 Å². The highest BCUT2D eigenvalue weighted by atomic mass is 16.2. The molecule has 0 atom stereocenters. The van der Waals surface area contributed by atoms with Gasteiger partial charge in [-0.15, -0.1) is 5.10 Å². The van der Waals surface area contributed by atoms with Crippen molar-refractivity contribution < 1.29 is 9.59 Å². The summed E-state index contributed by atoms with van der Waals surface area (Å²) < 4.78 is 3.21. The van der Waals surface area contributed by atoms with Gasteiger partial charge in [-0.1, -0.05) is 11.6 Å². The molecule has 1 saturated carbocycles. The predicted octanol–water partition coefficient (Wildman–Crippen LogP) is 0.683. The van der Waals surface area contributed by atoms with Crippen LogP contribution in [0.1, 0.15) is 36.2 Å². The maximum Gasteiger partial charge on any atom is 0.242 e. The third-order valence-electron chi connectivity index (χ3n) is 4.69. The predicted molar refractivity (Wildman–Crippen MR) is 90.5 cm³/mol. The van der Waals surface area contributed by atoms with Crippen molar-refractivity contribution in [1.29, 1.82) is 0 Å². The first kappa shape index (κ1) is 17.1. The fraction of sp³-hybridized carbons (Fsp3) is 0.562. The Labute approximate surface area is 145 Å². The molecule has 9 heteroatoms. The van der Waals surface area contributed by atoms with E-state index in [2.05, 4.69) is 26.0 Å². The zero-order valence-electron chi connectivity index (χ0n) is 14.7. The summed E-state index contributed by atoms with van der Waals surface area (Å²) in [7, 11) is 1.88. The van der Waals surface area contributed by atoms with Crippen molar-refractivity contribution in [3.8, 4) is 0 Å². The second kappa shape index (κ2) is 7.04. The molecule has 0 saturated heterocycles. The lowest BCUT2D eigenvalue weighted by Gasteiger charge is -2.23. The van der Waals surface area contributed by atoms with Crippen LogP contribution in [0.5, 0.6) is 0 Å².